The number of likely N-dealkylation sites (tertiary alicyclic amines) is 1. The summed E-state index contributed by atoms with van der Waals surface area (Å²) in [6.45, 7) is 5.05. The normalized spacial score (nSPS) is 18.9. The Kier molecular flexibility index (Phi) is 3.83. The first-order valence-corrected chi connectivity index (χ1v) is 5.98. The minimum atomic E-state index is 0.616. The van der Waals surface area contributed by atoms with Gasteiger partial charge >= 0.3 is 0 Å². The lowest BCUT2D eigenvalue weighted by Crippen LogP contribution is -2.30. The molecule has 90 valence electrons. The number of nitrogens with zero attached hydrogens (tertiary/aromatic N) is 2. The molecule has 0 bridgehead atoms. The highest BCUT2D eigenvalue weighted by Crippen LogP contribution is 2.20. The van der Waals surface area contributed by atoms with Crippen LogP contribution < -0.4 is 4.74 Å². The number of hydrogen-bond donors (Lipinski definition) is 0. The van der Waals surface area contributed by atoms with Crippen LogP contribution in [0.25, 0.3) is 0 Å². The van der Waals surface area contributed by atoms with Crippen LogP contribution in [-0.2, 0) is 0 Å². The fourth-order valence-corrected chi connectivity index (χ4v) is 2.09. The van der Waals surface area contributed by atoms with Crippen LogP contribution in [0.3, 0.4) is 0 Å². The molecule has 16 heavy (non-hydrogen) atoms. The number of aryl methyl sites for hydroxylation is 1. The molecule has 1 saturated heterocycles. The SMILES string of the molecule is Cc1cc(OCCC2CCN(C)CC2)no1. The van der Waals surface area contributed by atoms with Gasteiger partial charge in [0.15, 0.2) is 0 Å². The lowest BCUT2D eigenvalue weighted by atomic mass is 9.94. The van der Waals surface area contributed by atoms with Crippen LogP contribution in [0.1, 0.15) is 25.0 Å². The highest BCUT2D eigenvalue weighted by molar-refractivity contribution is 5.09. The van der Waals surface area contributed by atoms with E-state index in [0.717, 1.165) is 24.7 Å². The van der Waals surface area contributed by atoms with Gasteiger partial charge in [-0.2, -0.15) is 0 Å². The highest BCUT2D eigenvalue weighted by atomic mass is 16.5. The molecule has 0 radical (unpaired) electrons. The maximum Gasteiger partial charge on any atom is 0.254 e. The van der Waals surface area contributed by atoms with Crippen molar-refractivity contribution in [2.75, 3.05) is 26.7 Å². The van der Waals surface area contributed by atoms with E-state index in [4.69, 9.17) is 9.26 Å². The zero-order chi connectivity index (χ0) is 11.4. The summed E-state index contributed by atoms with van der Waals surface area (Å²) in [6.07, 6.45) is 3.70. The molecule has 0 unspecified atom stereocenters. The first kappa shape index (κ1) is 11.5. The molecule has 2 rings (SSSR count). The van der Waals surface area contributed by atoms with Crippen LogP contribution >= 0.6 is 0 Å². The van der Waals surface area contributed by atoms with Crippen molar-refractivity contribution in [1.82, 2.24) is 10.1 Å². The predicted molar refractivity (Wildman–Crippen MR) is 61.6 cm³/mol. The van der Waals surface area contributed by atoms with Crippen molar-refractivity contribution in [3.63, 3.8) is 0 Å². The molecule has 1 aliphatic heterocycles. The van der Waals surface area contributed by atoms with E-state index in [0.29, 0.717) is 5.88 Å². The Hall–Kier alpha value is -1.03. The molecule has 0 atom stereocenters. The third-order valence-electron chi connectivity index (χ3n) is 3.22. The number of ether oxygens (including phenoxy) is 1. The summed E-state index contributed by atoms with van der Waals surface area (Å²) in [6, 6.07) is 1.83. The van der Waals surface area contributed by atoms with Crippen LogP contribution in [0.4, 0.5) is 0 Å². The maximum absolute atomic E-state index is 5.54. The maximum atomic E-state index is 5.54. The van der Waals surface area contributed by atoms with Gasteiger partial charge in [-0.05, 0) is 57.4 Å². The molecule has 0 amide bonds. The average molecular weight is 224 g/mol. The van der Waals surface area contributed by atoms with Crippen molar-refractivity contribution < 1.29 is 9.26 Å². The molecule has 1 fully saturated rings. The zero-order valence-corrected chi connectivity index (χ0v) is 10.1. The van der Waals surface area contributed by atoms with Crippen molar-refractivity contribution >= 4 is 0 Å². The molecular formula is C12H20N2O2. The van der Waals surface area contributed by atoms with Gasteiger partial charge in [0.2, 0.25) is 0 Å². The van der Waals surface area contributed by atoms with Crippen molar-refractivity contribution in [2.24, 2.45) is 5.92 Å². The van der Waals surface area contributed by atoms with E-state index in [9.17, 15) is 0 Å². The molecule has 1 aromatic rings. The van der Waals surface area contributed by atoms with Gasteiger partial charge in [0.1, 0.15) is 5.76 Å². The van der Waals surface area contributed by atoms with E-state index in [1.165, 1.54) is 25.9 Å². The Balaban J connectivity index is 1.64. The van der Waals surface area contributed by atoms with E-state index in [1.54, 1.807) is 0 Å². The van der Waals surface area contributed by atoms with E-state index in [1.807, 2.05) is 13.0 Å². The molecule has 4 heteroatoms. The van der Waals surface area contributed by atoms with Crippen molar-refractivity contribution in [2.45, 2.75) is 26.2 Å². The van der Waals surface area contributed by atoms with Crippen molar-refractivity contribution in [1.29, 1.82) is 0 Å². The van der Waals surface area contributed by atoms with Gasteiger partial charge in [0.05, 0.1) is 6.61 Å². The fraction of sp³-hybridized carbons (Fsp3) is 0.750. The van der Waals surface area contributed by atoms with Crippen molar-refractivity contribution in [3.05, 3.63) is 11.8 Å². The quantitative estimate of drug-likeness (QED) is 0.785. The smallest absolute Gasteiger partial charge is 0.254 e. The third kappa shape index (κ3) is 3.23. The summed E-state index contributed by atoms with van der Waals surface area (Å²) >= 11 is 0. The van der Waals surface area contributed by atoms with Crippen LogP contribution in [0, 0.1) is 12.8 Å². The van der Waals surface area contributed by atoms with Crippen LogP contribution in [0.2, 0.25) is 0 Å². The minimum absolute atomic E-state index is 0.616. The fourth-order valence-electron chi connectivity index (χ4n) is 2.09. The molecule has 0 aliphatic carbocycles. The van der Waals surface area contributed by atoms with Gasteiger partial charge in [0.25, 0.3) is 5.88 Å². The molecule has 2 heterocycles. The molecular weight excluding hydrogens is 204 g/mol. The van der Waals surface area contributed by atoms with Gasteiger partial charge in [-0.15, -0.1) is 0 Å². The molecule has 0 N–H and O–H groups in total. The third-order valence-corrected chi connectivity index (χ3v) is 3.22. The predicted octanol–water partition coefficient (Wildman–Crippen LogP) is 2.09. The van der Waals surface area contributed by atoms with Gasteiger partial charge in [-0.3, -0.25) is 0 Å². The van der Waals surface area contributed by atoms with E-state index in [-0.39, 0.29) is 0 Å². The summed E-state index contributed by atoms with van der Waals surface area (Å²) in [7, 11) is 2.19. The zero-order valence-electron chi connectivity index (χ0n) is 10.1. The van der Waals surface area contributed by atoms with Gasteiger partial charge in [0, 0.05) is 6.07 Å². The first-order valence-electron chi connectivity index (χ1n) is 5.98. The molecule has 1 aliphatic rings. The Labute approximate surface area is 96.5 Å². The van der Waals surface area contributed by atoms with Crippen LogP contribution in [0.5, 0.6) is 5.88 Å². The summed E-state index contributed by atoms with van der Waals surface area (Å²) in [5.41, 5.74) is 0. The molecule has 4 nitrogen and oxygen atoms in total. The standard InChI is InChI=1S/C12H20N2O2/c1-10-9-12(13-16-10)15-8-5-11-3-6-14(2)7-4-11/h9,11H,3-8H2,1-2H3. The van der Waals surface area contributed by atoms with Gasteiger partial charge in [-0.25, -0.2) is 0 Å². The van der Waals surface area contributed by atoms with E-state index >= 15 is 0 Å². The summed E-state index contributed by atoms with van der Waals surface area (Å²) in [5, 5.41) is 3.81. The molecule has 0 saturated carbocycles. The Morgan fingerprint density at radius 3 is 2.88 bits per heavy atom. The second kappa shape index (κ2) is 5.34. The van der Waals surface area contributed by atoms with Crippen LogP contribution in [-0.4, -0.2) is 36.8 Å². The second-order valence-electron chi connectivity index (χ2n) is 4.66. The van der Waals surface area contributed by atoms with Gasteiger partial charge < -0.3 is 14.2 Å². The first-order chi connectivity index (χ1) is 7.74. The number of hydrogen-bond acceptors (Lipinski definition) is 4. The Morgan fingerprint density at radius 1 is 1.50 bits per heavy atom. The van der Waals surface area contributed by atoms with E-state index < -0.39 is 0 Å². The van der Waals surface area contributed by atoms with Gasteiger partial charge in [-0.1, -0.05) is 0 Å². The topological polar surface area (TPSA) is 38.5 Å². The summed E-state index contributed by atoms with van der Waals surface area (Å²) in [5.74, 6) is 2.23. The molecule has 1 aromatic heterocycles. The number of piperidine rings is 1. The van der Waals surface area contributed by atoms with Crippen LogP contribution in [0.15, 0.2) is 10.6 Å². The van der Waals surface area contributed by atoms with E-state index in [2.05, 4.69) is 17.1 Å². The van der Waals surface area contributed by atoms with Crippen molar-refractivity contribution in [3.8, 4) is 5.88 Å². The number of aromatic nitrogens is 1. The lowest BCUT2D eigenvalue weighted by molar-refractivity contribution is 0.182. The lowest BCUT2D eigenvalue weighted by Gasteiger charge is -2.28. The summed E-state index contributed by atoms with van der Waals surface area (Å²) < 4.78 is 10.5. The average Bonchev–Trinajstić information content (AvgIpc) is 2.67. The highest BCUT2D eigenvalue weighted by Gasteiger charge is 2.16. The monoisotopic (exact) mass is 224 g/mol. The molecule has 0 spiro atoms. The Morgan fingerprint density at radius 2 is 2.25 bits per heavy atom. The summed E-state index contributed by atoms with van der Waals surface area (Å²) in [4.78, 5) is 2.39. The Bertz CT molecular complexity index is 317. The minimum Gasteiger partial charge on any atom is -0.475 e. The molecule has 0 aromatic carbocycles. The largest absolute Gasteiger partial charge is 0.475 e. The number of rotatable bonds is 4. The second-order valence-corrected chi connectivity index (χ2v) is 4.66.